The van der Waals surface area contributed by atoms with Crippen LogP contribution in [0.3, 0.4) is 0 Å². The molecule has 0 heterocycles. The smallest absolute Gasteiger partial charge is 0.145 e. The Morgan fingerprint density at radius 3 is 2.37 bits per heavy atom. The highest BCUT2D eigenvalue weighted by molar-refractivity contribution is 5.34. The molecule has 1 rings (SSSR count). The number of nitrogens with zero attached hydrogens (tertiary/aromatic N) is 1. The molecular formula is C16H23FN2. The molecule has 0 radical (unpaired) electrons. The first-order valence-corrected chi connectivity index (χ1v) is 6.57. The highest BCUT2D eigenvalue weighted by atomic mass is 19.1. The van der Waals surface area contributed by atoms with Crippen molar-refractivity contribution < 1.29 is 4.39 Å². The van der Waals surface area contributed by atoms with Crippen molar-refractivity contribution in [3.05, 3.63) is 35.1 Å². The average molecular weight is 262 g/mol. The van der Waals surface area contributed by atoms with Gasteiger partial charge in [0, 0.05) is 17.6 Å². The van der Waals surface area contributed by atoms with Crippen LogP contribution in [0.1, 0.15) is 52.2 Å². The Balaban J connectivity index is 2.75. The van der Waals surface area contributed by atoms with E-state index in [9.17, 15) is 4.39 Å². The minimum absolute atomic E-state index is 0.0761. The maximum absolute atomic E-state index is 13.9. The van der Waals surface area contributed by atoms with Crippen molar-refractivity contribution in [2.24, 2.45) is 5.41 Å². The molecule has 1 aromatic carbocycles. The van der Waals surface area contributed by atoms with E-state index < -0.39 is 5.82 Å². The summed E-state index contributed by atoms with van der Waals surface area (Å²) < 4.78 is 13.9. The van der Waals surface area contributed by atoms with Gasteiger partial charge in [0.05, 0.1) is 5.56 Å². The van der Waals surface area contributed by atoms with E-state index in [1.54, 1.807) is 12.1 Å². The highest BCUT2D eigenvalue weighted by Gasteiger charge is 2.25. The Hall–Kier alpha value is -1.40. The summed E-state index contributed by atoms with van der Waals surface area (Å²) >= 11 is 0. The van der Waals surface area contributed by atoms with Crippen molar-refractivity contribution in [1.29, 1.82) is 5.26 Å². The second kappa shape index (κ2) is 5.71. The Morgan fingerprint density at radius 2 is 1.84 bits per heavy atom. The Kier molecular flexibility index (Phi) is 4.70. The van der Waals surface area contributed by atoms with Gasteiger partial charge in [-0.3, -0.25) is 0 Å². The Morgan fingerprint density at radius 1 is 1.21 bits per heavy atom. The molecule has 0 aliphatic heterocycles. The zero-order chi connectivity index (χ0) is 14.7. The summed E-state index contributed by atoms with van der Waals surface area (Å²) in [5.41, 5.74) is 0.783. The molecule has 104 valence electrons. The molecule has 0 aliphatic rings. The van der Waals surface area contributed by atoms with Crippen LogP contribution in [0.15, 0.2) is 18.2 Å². The predicted octanol–water partition coefficient (Wildman–Crippen LogP) is 4.00. The van der Waals surface area contributed by atoms with Crippen LogP contribution in [0.2, 0.25) is 0 Å². The van der Waals surface area contributed by atoms with E-state index in [0.717, 1.165) is 6.42 Å². The van der Waals surface area contributed by atoms with E-state index in [1.807, 2.05) is 6.07 Å². The fraction of sp³-hybridized carbons (Fsp3) is 0.562. The lowest BCUT2D eigenvalue weighted by Gasteiger charge is -2.33. The first kappa shape index (κ1) is 15.7. The van der Waals surface area contributed by atoms with Crippen LogP contribution in [0.4, 0.5) is 4.39 Å². The van der Waals surface area contributed by atoms with Gasteiger partial charge in [0.1, 0.15) is 11.9 Å². The quantitative estimate of drug-likeness (QED) is 0.890. The number of nitriles is 1. The van der Waals surface area contributed by atoms with Gasteiger partial charge < -0.3 is 5.32 Å². The third kappa shape index (κ3) is 5.00. The minimum Gasteiger partial charge on any atom is -0.308 e. The maximum atomic E-state index is 13.9. The molecule has 0 unspecified atom stereocenters. The van der Waals surface area contributed by atoms with E-state index in [0.29, 0.717) is 12.1 Å². The van der Waals surface area contributed by atoms with Gasteiger partial charge in [-0.2, -0.15) is 5.26 Å². The van der Waals surface area contributed by atoms with Crippen LogP contribution in [0, 0.1) is 22.6 Å². The van der Waals surface area contributed by atoms with Gasteiger partial charge in [-0.1, -0.05) is 32.9 Å². The third-order valence-electron chi connectivity index (χ3n) is 2.93. The molecule has 0 fully saturated rings. The summed E-state index contributed by atoms with van der Waals surface area (Å²) in [6, 6.07) is 6.80. The third-order valence-corrected chi connectivity index (χ3v) is 2.93. The minimum atomic E-state index is -0.413. The Bertz CT molecular complexity index is 479. The first-order valence-electron chi connectivity index (χ1n) is 6.57. The van der Waals surface area contributed by atoms with Crippen LogP contribution in [0.25, 0.3) is 0 Å². The van der Waals surface area contributed by atoms with E-state index in [-0.39, 0.29) is 16.5 Å². The summed E-state index contributed by atoms with van der Waals surface area (Å²) in [6.45, 7) is 11.2. The fourth-order valence-corrected chi connectivity index (χ4v) is 2.53. The number of rotatable bonds is 4. The Labute approximate surface area is 115 Å². The molecule has 0 amide bonds. The lowest BCUT2D eigenvalue weighted by molar-refractivity contribution is 0.240. The first-order chi connectivity index (χ1) is 8.64. The number of halogens is 1. The average Bonchev–Trinajstić information content (AvgIpc) is 2.24. The highest BCUT2D eigenvalue weighted by Crippen LogP contribution is 2.27. The van der Waals surface area contributed by atoms with Crippen LogP contribution in [-0.2, 0) is 6.54 Å². The normalized spacial score (nSPS) is 12.3. The van der Waals surface area contributed by atoms with E-state index >= 15 is 0 Å². The fourth-order valence-electron chi connectivity index (χ4n) is 2.53. The number of hydrogen-bond acceptors (Lipinski definition) is 2. The molecule has 0 aromatic heterocycles. The van der Waals surface area contributed by atoms with Crippen molar-refractivity contribution in [2.45, 2.75) is 53.1 Å². The van der Waals surface area contributed by atoms with Crippen molar-refractivity contribution in [3.63, 3.8) is 0 Å². The van der Waals surface area contributed by atoms with Crippen LogP contribution >= 0.6 is 0 Å². The molecular weight excluding hydrogens is 239 g/mol. The van der Waals surface area contributed by atoms with Crippen molar-refractivity contribution in [1.82, 2.24) is 5.32 Å². The molecule has 19 heavy (non-hydrogen) atoms. The molecule has 1 aromatic rings. The molecule has 3 heteroatoms. The monoisotopic (exact) mass is 262 g/mol. The zero-order valence-corrected chi connectivity index (χ0v) is 12.5. The SMILES string of the molecule is CC(C)(C)CC(C)(C)NCc1cccc(C#N)c1F. The van der Waals surface area contributed by atoms with E-state index in [2.05, 4.69) is 39.9 Å². The summed E-state index contributed by atoms with van der Waals surface area (Å²) in [5, 5.41) is 12.2. The number of nitrogens with one attached hydrogen (secondary N) is 1. The summed E-state index contributed by atoms with van der Waals surface area (Å²) in [7, 11) is 0. The molecule has 0 saturated heterocycles. The van der Waals surface area contributed by atoms with E-state index in [4.69, 9.17) is 5.26 Å². The summed E-state index contributed by atoms with van der Waals surface area (Å²) in [4.78, 5) is 0. The van der Waals surface area contributed by atoms with Crippen LogP contribution < -0.4 is 5.32 Å². The van der Waals surface area contributed by atoms with Crippen molar-refractivity contribution in [2.75, 3.05) is 0 Å². The molecule has 0 spiro atoms. The topological polar surface area (TPSA) is 35.8 Å². The van der Waals surface area contributed by atoms with Gasteiger partial charge >= 0.3 is 0 Å². The van der Waals surface area contributed by atoms with Crippen molar-refractivity contribution >= 4 is 0 Å². The van der Waals surface area contributed by atoms with Gasteiger partial charge in [-0.05, 0) is 31.7 Å². The number of benzene rings is 1. The van der Waals surface area contributed by atoms with Gasteiger partial charge in [-0.15, -0.1) is 0 Å². The van der Waals surface area contributed by atoms with E-state index in [1.165, 1.54) is 6.07 Å². The van der Waals surface area contributed by atoms with Crippen LogP contribution in [-0.4, -0.2) is 5.54 Å². The van der Waals surface area contributed by atoms with Crippen LogP contribution in [0.5, 0.6) is 0 Å². The molecule has 2 nitrogen and oxygen atoms in total. The second-order valence-electron chi connectivity index (χ2n) is 6.87. The van der Waals surface area contributed by atoms with Gasteiger partial charge in [0.2, 0.25) is 0 Å². The number of hydrogen-bond donors (Lipinski definition) is 1. The standard InChI is InChI=1S/C16H23FN2/c1-15(2,3)11-16(4,5)19-10-13-8-6-7-12(9-18)14(13)17/h6-8,19H,10-11H2,1-5H3. The lowest BCUT2D eigenvalue weighted by atomic mass is 9.81. The molecule has 0 saturated carbocycles. The van der Waals surface area contributed by atoms with Gasteiger partial charge in [-0.25, -0.2) is 4.39 Å². The van der Waals surface area contributed by atoms with Gasteiger partial charge in [0.25, 0.3) is 0 Å². The molecule has 0 aliphatic carbocycles. The molecule has 0 bridgehead atoms. The second-order valence-corrected chi connectivity index (χ2v) is 6.87. The largest absolute Gasteiger partial charge is 0.308 e. The molecule has 0 atom stereocenters. The summed E-state index contributed by atoms with van der Waals surface area (Å²) in [5.74, 6) is -0.413. The lowest BCUT2D eigenvalue weighted by Crippen LogP contribution is -2.42. The predicted molar refractivity (Wildman–Crippen MR) is 76.1 cm³/mol. The summed E-state index contributed by atoms with van der Waals surface area (Å²) in [6.07, 6.45) is 0.986. The maximum Gasteiger partial charge on any atom is 0.145 e. The van der Waals surface area contributed by atoms with Gasteiger partial charge in [0.15, 0.2) is 0 Å². The van der Waals surface area contributed by atoms with Crippen molar-refractivity contribution in [3.8, 4) is 6.07 Å². The zero-order valence-electron chi connectivity index (χ0n) is 12.5. The molecule has 1 N–H and O–H groups in total.